The van der Waals surface area contributed by atoms with Crippen LogP contribution in [-0.2, 0) is 9.59 Å². The van der Waals surface area contributed by atoms with Crippen LogP contribution >= 0.6 is 0 Å². The first-order valence-corrected chi connectivity index (χ1v) is 8.87. The standard InChI is InChI=1S/C22H25N3O2/c1-16-9-12-20(17(2)15-16)23-21(26)13-14-22(27)25-24-18(3)10-11-19-7-5-4-6-8-19/h4-12,15H,13-14H2,1-3H3,(H,23,26)(H,25,27)/b11-10+,24-18+. The van der Waals surface area contributed by atoms with Crippen molar-refractivity contribution in [3.05, 3.63) is 71.3 Å². The van der Waals surface area contributed by atoms with Crippen LogP contribution in [0.15, 0.2) is 59.7 Å². The van der Waals surface area contributed by atoms with Crippen LogP contribution in [-0.4, -0.2) is 17.5 Å². The van der Waals surface area contributed by atoms with Crippen LogP contribution in [0.2, 0.25) is 0 Å². The fraction of sp³-hybridized carbons (Fsp3) is 0.227. The molecule has 0 bridgehead atoms. The number of hydrogen-bond acceptors (Lipinski definition) is 3. The van der Waals surface area contributed by atoms with E-state index in [1.807, 2.05) is 74.5 Å². The number of benzene rings is 2. The van der Waals surface area contributed by atoms with Crippen LogP contribution in [0, 0.1) is 13.8 Å². The number of allylic oxidation sites excluding steroid dienone is 1. The van der Waals surface area contributed by atoms with Gasteiger partial charge in [-0.1, -0.05) is 54.1 Å². The van der Waals surface area contributed by atoms with E-state index in [9.17, 15) is 9.59 Å². The third-order valence-corrected chi connectivity index (χ3v) is 3.91. The van der Waals surface area contributed by atoms with E-state index in [0.29, 0.717) is 5.71 Å². The van der Waals surface area contributed by atoms with Crippen LogP contribution in [0.5, 0.6) is 0 Å². The number of rotatable bonds is 7. The Morgan fingerprint density at radius 1 is 1.00 bits per heavy atom. The minimum atomic E-state index is -0.293. The fourth-order valence-electron chi connectivity index (χ4n) is 2.42. The molecule has 0 aromatic heterocycles. The molecule has 0 aliphatic carbocycles. The van der Waals surface area contributed by atoms with Crippen molar-refractivity contribution in [2.45, 2.75) is 33.6 Å². The van der Waals surface area contributed by atoms with E-state index in [-0.39, 0.29) is 24.7 Å². The van der Waals surface area contributed by atoms with Crippen molar-refractivity contribution in [2.75, 3.05) is 5.32 Å². The summed E-state index contributed by atoms with van der Waals surface area (Å²) in [6, 6.07) is 15.6. The zero-order valence-corrected chi connectivity index (χ0v) is 16.0. The molecule has 0 unspecified atom stereocenters. The smallest absolute Gasteiger partial charge is 0.240 e. The highest BCUT2D eigenvalue weighted by molar-refractivity contribution is 5.97. The second-order valence-corrected chi connectivity index (χ2v) is 6.40. The van der Waals surface area contributed by atoms with E-state index in [1.54, 1.807) is 6.92 Å². The number of nitrogens with zero attached hydrogens (tertiary/aromatic N) is 1. The van der Waals surface area contributed by atoms with Crippen LogP contribution in [0.25, 0.3) is 6.08 Å². The van der Waals surface area contributed by atoms with Gasteiger partial charge in [0, 0.05) is 18.5 Å². The SMILES string of the molecule is CC(/C=C/c1ccccc1)=N\NC(=O)CCC(=O)Nc1ccc(C)cc1C. The van der Waals surface area contributed by atoms with Gasteiger partial charge in [-0.2, -0.15) is 5.10 Å². The highest BCUT2D eigenvalue weighted by atomic mass is 16.2. The van der Waals surface area contributed by atoms with E-state index in [4.69, 9.17) is 0 Å². The molecule has 2 N–H and O–H groups in total. The van der Waals surface area contributed by atoms with Gasteiger partial charge in [0.15, 0.2) is 0 Å². The maximum atomic E-state index is 12.0. The van der Waals surface area contributed by atoms with Gasteiger partial charge in [0.1, 0.15) is 0 Å². The molecule has 0 atom stereocenters. The molecular formula is C22H25N3O2. The molecule has 0 spiro atoms. The van der Waals surface area contributed by atoms with Gasteiger partial charge in [-0.3, -0.25) is 9.59 Å². The summed E-state index contributed by atoms with van der Waals surface area (Å²) in [6.45, 7) is 5.74. The summed E-state index contributed by atoms with van der Waals surface area (Å²) in [5, 5.41) is 6.85. The predicted molar refractivity (Wildman–Crippen MR) is 111 cm³/mol. The quantitative estimate of drug-likeness (QED) is 0.571. The fourth-order valence-corrected chi connectivity index (χ4v) is 2.42. The van der Waals surface area contributed by atoms with E-state index >= 15 is 0 Å². The highest BCUT2D eigenvalue weighted by Gasteiger charge is 2.08. The lowest BCUT2D eigenvalue weighted by Gasteiger charge is -2.08. The van der Waals surface area contributed by atoms with E-state index < -0.39 is 0 Å². The zero-order valence-electron chi connectivity index (χ0n) is 16.0. The number of hydrogen-bond donors (Lipinski definition) is 2. The van der Waals surface area contributed by atoms with Gasteiger partial charge in [0.25, 0.3) is 0 Å². The first kappa shape index (κ1) is 20.1. The van der Waals surface area contributed by atoms with Crippen molar-refractivity contribution < 1.29 is 9.59 Å². The van der Waals surface area contributed by atoms with Crippen molar-refractivity contribution in [1.29, 1.82) is 0 Å². The van der Waals surface area contributed by atoms with Gasteiger partial charge < -0.3 is 5.32 Å². The average Bonchev–Trinajstić information content (AvgIpc) is 2.66. The maximum Gasteiger partial charge on any atom is 0.240 e. The molecular weight excluding hydrogens is 338 g/mol. The first-order chi connectivity index (χ1) is 12.9. The van der Waals surface area contributed by atoms with Crippen molar-refractivity contribution in [3.63, 3.8) is 0 Å². The second kappa shape index (κ2) is 10.1. The van der Waals surface area contributed by atoms with E-state index in [0.717, 1.165) is 22.4 Å². The molecule has 0 saturated carbocycles. The molecule has 2 aromatic rings. The lowest BCUT2D eigenvalue weighted by Crippen LogP contribution is -2.21. The number of carbonyl (C=O) groups is 2. The van der Waals surface area contributed by atoms with Gasteiger partial charge in [-0.05, 0) is 44.0 Å². The molecule has 2 amide bonds. The summed E-state index contributed by atoms with van der Waals surface area (Å²) in [4.78, 5) is 23.9. The Bertz CT molecular complexity index is 855. The van der Waals surface area contributed by atoms with Crippen molar-refractivity contribution in [1.82, 2.24) is 5.43 Å². The molecule has 140 valence electrons. The van der Waals surface area contributed by atoms with Gasteiger partial charge >= 0.3 is 0 Å². The Balaban J connectivity index is 1.76. The van der Waals surface area contributed by atoms with Crippen molar-refractivity contribution in [2.24, 2.45) is 5.10 Å². The first-order valence-electron chi connectivity index (χ1n) is 8.87. The molecule has 0 fully saturated rings. The Labute approximate surface area is 160 Å². The number of anilines is 1. The number of carbonyl (C=O) groups excluding carboxylic acids is 2. The molecule has 0 heterocycles. The Kier molecular flexibility index (Phi) is 7.49. The topological polar surface area (TPSA) is 70.6 Å². The van der Waals surface area contributed by atoms with Crippen LogP contribution in [0.1, 0.15) is 36.5 Å². The molecule has 2 rings (SSSR count). The van der Waals surface area contributed by atoms with E-state index in [2.05, 4.69) is 15.8 Å². The lowest BCUT2D eigenvalue weighted by atomic mass is 10.1. The number of amides is 2. The van der Waals surface area contributed by atoms with Crippen LogP contribution in [0.4, 0.5) is 5.69 Å². The maximum absolute atomic E-state index is 12.0. The zero-order chi connectivity index (χ0) is 19.6. The number of hydrazone groups is 1. The summed E-state index contributed by atoms with van der Waals surface area (Å²) >= 11 is 0. The molecule has 5 heteroatoms. The third kappa shape index (κ3) is 7.28. The average molecular weight is 363 g/mol. The van der Waals surface area contributed by atoms with Gasteiger partial charge in [-0.25, -0.2) is 5.43 Å². The molecule has 5 nitrogen and oxygen atoms in total. The summed E-state index contributed by atoms with van der Waals surface area (Å²) in [5.74, 6) is -0.486. The third-order valence-electron chi connectivity index (χ3n) is 3.91. The number of aryl methyl sites for hydroxylation is 2. The van der Waals surface area contributed by atoms with Crippen molar-refractivity contribution in [3.8, 4) is 0 Å². The molecule has 2 aromatic carbocycles. The second-order valence-electron chi connectivity index (χ2n) is 6.40. The number of nitrogens with one attached hydrogen (secondary N) is 2. The summed E-state index contributed by atoms with van der Waals surface area (Å²) in [6.07, 6.45) is 3.92. The van der Waals surface area contributed by atoms with Gasteiger partial charge in [0.2, 0.25) is 11.8 Å². The monoisotopic (exact) mass is 363 g/mol. The Morgan fingerprint density at radius 2 is 1.70 bits per heavy atom. The molecule has 0 aliphatic rings. The van der Waals surface area contributed by atoms with Crippen LogP contribution < -0.4 is 10.7 Å². The van der Waals surface area contributed by atoms with Crippen molar-refractivity contribution >= 4 is 29.3 Å². The molecule has 27 heavy (non-hydrogen) atoms. The summed E-state index contributed by atoms with van der Waals surface area (Å²) < 4.78 is 0. The normalized spacial score (nSPS) is 11.4. The van der Waals surface area contributed by atoms with Crippen LogP contribution in [0.3, 0.4) is 0 Å². The minimum absolute atomic E-state index is 0.0793. The molecule has 0 radical (unpaired) electrons. The largest absolute Gasteiger partial charge is 0.326 e. The van der Waals surface area contributed by atoms with E-state index in [1.165, 1.54) is 0 Å². The highest BCUT2D eigenvalue weighted by Crippen LogP contribution is 2.16. The Hall–Kier alpha value is -3.21. The lowest BCUT2D eigenvalue weighted by molar-refractivity contribution is -0.124. The predicted octanol–water partition coefficient (Wildman–Crippen LogP) is 4.23. The minimum Gasteiger partial charge on any atom is -0.326 e. The van der Waals surface area contributed by atoms with Gasteiger partial charge in [0.05, 0.1) is 5.71 Å². The molecule has 0 saturated heterocycles. The summed E-state index contributed by atoms with van der Waals surface area (Å²) in [7, 11) is 0. The molecule has 0 aliphatic heterocycles. The van der Waals surface area contributed by atoms with Gasteiger partial charge in [-0.15, -0.1) is 0 Å². The summed E-state index contributed by atoms with van der Waals surface area (Å²) in [5.41, 5.74) is 7.11. The Morgan fingerprint density at radius 3 is 2.41 bits per heavy atom.